The van der Waals surface area contributed by atoms with Gasteiger partial charge in [-0.05, 0) is 56.2 Å². The molecule has 2 aromatic carbocycles. The smallest absolute Gasteiger partial charge is 0.242 e. The molecule has 0 aliphatic carbocycles. The molecule has 0 fully saturated rings. The first-order valence-electron chi connectivity index (χ1n) is 11.2. The fourth-order valence-corrected chi connectivity index (χ4v) is 5.16. The van der Waals surface area contributed by atoms with Crippen LogP contribution in [0.15, 0.2) is 42.5 Å². The summed E-state index contributed by atoms with van der Waals surface area (Å²) in [5.74, 6) is -1.12. The molecular formula is C24H30Cl2FN3O4S. The van der Waals surface area contributed by atoms with E-state index in [4.69, 9.17) is 23.2 Å². The molecule has 0 saturated heterocycles. The van der Waals surface area contributed by atoms with Crippen LogP contribution >= 0.6 is 23.2 Å². The van der Waals surface area contributed by atoms with E-state index in [-0.39, 0.29) is 37.7 Å². The highest BCUT2D eigenvalue weighted by atomic mass is 35.5. The van der Waals surface area contributed by atoms with E-state index in [1.807, 2.05) is 0 Å². The average molecular weight is 546 g/mol. The van der Waals surface area contributed by atoms with Gasteiger partial charge in [-0.25, -0.2) is 12.8 Å². The number of hydrogen-bond donors (Lipinski definition) is 1. The van der Waals surface area contributed by atoms with Crippen molar-refractivity contribution in [3.05, 3.63) is 63.9 Å². The summed E-state index contributed by atoms with van der Waals surface area (Å²) in [5, 5.41) is 3.50. The van der Waals surface area contributed by atoms with E-state index < -0.39 is 21.9 Å². The first-order valence-corrected chi connectivity index (χ1v) is 13.8. The number of carbonyl (C=O) groups is 2. The molecule has 1 N–H and O–H groups in total. The molecule has 2 rings (SSSR count). The zero-order chi connectivity index (χ0) is 26.2. The summed E-state index contributed by atoms with van der Waals surface area (Å²) in [6.45, 7) is 4.03. The van der Waals surface area contributed by atoms with Crippen molar-refractivity contribution in [3.63, 3.8) is 0 Å². The third kappa shape index (κ3) is 8.08. The third-order valence-electron chi connectivity index (χ3n) is 5.39. The number of halogens is 3. The molecule has 0 bridgehead atoms. The lowest BCUT2D eigenvalue weighted by molar-refractivity contribution is -0.141. The quantitative estimate of drug-likeness (QED) is 0.421. The highest BCUT2D eigenvalue weighted by Gasteiger charge is 2.29. The number of rotatable bonds is 12. The van der Waals surface area contributed by atoms with Gasteiger partial charge in [0.2, 0.25) is 21.8 Å². The number of sulfonamides is 1. The Morgan fingerprint density at radius 2 is 1.66 bits per heavy atom. The molecule has 0 saturated carbocycles. The summed E-state index contributed by atoms with van der Waals surface area (Å²) < 4.78 is 39.0. The van der Waals surface area contributed by atoms with Crippen molar-refractivity contribution in [3.8, 4) is 0 Å². The van der Waals surface area contributed by atoms with Gasteiger partial charge in [-0.1, -0.05) is 36.2 Å². The molecule has 0 aliphatic heterocycles. The topological polar surface area (TPSA) is 86.8 Å². The third-order valence-corrected chi connectivity index (χ3v) is 7.30. The zero-order valence-corrected chi connectivity index (χ0v) is 22.3. The lowest BCUT2D eigenvalue weighted by Crippen LogP contribution is -2.49. The van der Waals surface area contributed by atoms with Crippen LogP contribution in [0.3, 0.4) is 0 Å². The summed E-state index contributed by atoms with van der Waals surface area (Å²) >= 11 is 12.6. The van der Waals surface area contributed by atoms with Crippen LogP contribution in [0.1, 0.15) is 38.7 Å². The van der Waals surface area contributed by atoms with Gasteiger partial charge in [0.05, 0.1) is 11.9 Å². The van der Waals surface area contributed by atoms with Gasteiger partial charge in [-0.15, -0.1) is 0 Å². The fraction of sp³-hybridized carbons (Fsp3) is 0.417. The van der Waals surface area contributed by atoms with Gasteiger partial charge in [0.1, 0.15) is 11.9 Å². The number of anilines is 1. The first kappa shape index (κ1) is 28.9. The molecule has 192 valence electrons. The van der Waals surface area contributed by atoms with Crippen LogP contribution in [-0.4, -0.2) is 50.5 Å². The van der Waals surface area contributed by atoms with Crippen LogP contribution in [0.5, 0.6) is 0 Å². The lowest BCUT2D eigenvalue weighted by Gasteiger charge is -2.31. The Kier molecular flexibility index (Phi) is 10.8. The predicted octanol–water partition coefficient (Wildman–Crippen LogP) is 4.62. The van der Waals surface area contributed by atoms with Crippen LogP contribution < -0.4 is 9.62 Å². The molecule has 0 aromatic heterocycles. The number of carbonyl (C=O) groups excluding carboxylic acids is 2. The standard InChI is InChI=1S/C24H30Cl2FN3O4S/c1-4-22(24(32)28-5-2)29(16-19-20(25)8-6-9-21(19)26)23(31)10-7-15-30(35(3,33)34)18-13-11-17(27)12-14-18/h6,8-9,11-14,22H,4-5,7,10,15-16H2,1-3H3,(H,28,32). The van der Waals surface area contributed by atoms with Crippen molar-refractivity contribution in [1.82, 2.24) is 10.2 Å². The van der Waals surface area contributed by atoms with Crippen LogP contribution in [0.2, 0.25) is 10.0 Å². The normalized spacial score (nSPS) is 12.2. The first-order chi connectivity index (χ1) is 16.5. The summed E-state index contributed by atoms with van der Waals surface area (Å²) in [7, 11) is -3.66. The van der Waals surface area contributed by atoms with E-state index in [1.54, 1.807) is 32.0 Å². The second-order valence-electron chi connectivity index (χ2n) is 7.96. The maximum absolute atomic E-state index is 13.3. The number of amides is 2. The fourth-order valence-electron chi connectivity index (χ4n) is 3.68. The molecule has 2 aromatic rings. The van der Waals surface area contributed by atoms with Gasteiger partial charge < -0.3 is 10.2 Å². The number of benzene rings is 2. The Balaban J connectivity index is 2.25. The van der Waals surface area contributed by atoms with Crippen molar-refractivity contribution in [2.24, 2.45) is 0 Å². The molecule has 7 nitrogen and oxygen atoms in total. The molecule has 0 spiro atoms. The summed E-state index contributed by atoms with van der Waals surface area (Å²) in [6.07, 6.45) is 1.57. The van der Waals surface area contributed by atoms with Gasteiger partial charge in [-0.3, -0.25) is 13.9 Å². The SMILES string of the molecule is CCNC(=O)C(CC)N(Cc1c(Cl)cccc1Cl)C(=O)CCCN(c1ccc(F)cc1)S(C)(=O)=O. The minimum absolute atomic E-state index is 0.00877. The van der Waals surface area contributed by atoms with E-state index in [1.165, 1.54) is 29.2 Å². The predicted molar refractivity (Wildman–Crippen MR) is 138 cm³/mol. The van der Waals surface area contributed by atoms with E-state index >= 15 is 0 Å². The van der Waals surface area contributed by atoms with Crippen LogP contribution in [-0.2, 0) is 26.2 Å². The second kappa shape index (κ2) is 13.1. The second-order valence-corrected chi connectivity index (χ2v) is 10.7. The van der Waals surface area contributed by atoms with Crippen LogP contribution in [0.25, 0.3) is 0 Å². The number of nitrogens with one attached hydrogen (secondary N) is 1. The van der Waals surface area contributed by atoms with Gasteiger partial charge in [-0.2, -0.15) is 0 Å². The summed E-state index contributed by atoms with van der Waals surface area (Å²) in [5.41, 5.74) is 0.825. The van der Waals surface area contributed by atoms with Crippen molar-refractivity contribution in [1.29, 1.82) is 0 Å². The number of hydrogen-bond acceptors (Lipinski definition) is 4. The number of likely N-dealkylation sites (N-methyl/N-ethyl adjacent to an activating group) is 1. The van der Waals surface area contributed by atoms with Crippen molar-refractivity contribution in [2.45, 2.75) is 45.7 Å². The Morgan fingerprint density at radius 1 is 1.06 bits per heavy atom. The van der Waals surface area contributed by atoms with E-state index in [0.29, 0.717) is 34.3 Å². The highest BCUT2D eigenvalue weighted by Crippen LogP contribution is 2.27. The Labute approximate surface area is 216 Å². The van der Waals surface area contributed by atoms with Crippen molar-refractivity contribution < 1.29 is 22.4 Å². The molecule has 1 unspecified atom stereocenters. The molecule has 2 amide bonds. The summed E-state index contributed by atoms with van der Waals surface area (Å²) in [6, 6.07) is 9.33. The van der Waals surface area contributed by atoms with Gasteiger partial charge in [0.25, 0.3) is 0 Å². The Morgan fingerprint density at radius 3 is 2.17 bits per heavy atom. The van der Waals surface area contributed by atoms with Crippen molar-refractivity contribution >= 4 is 50.7 Å². The molecule has 0 radical (unpaired) electrons. The van der Waals surface area contributed by atoms with E-state index in [2.05, 4.69) is 5.32 Å². The van der Waals surface area contributed by atoms with Crippen LogP contribution in [0, 0.1) is 5.82 Å². The maximum atomic E-state index is 13.3. The Bertz CT molecular complexity index is 1110. The number of nitrogens with zero attached hydrogens (tertiary/aromatic N) is 2. The molecule has 0 aliphatic rings. The summed E-state index contributed by atoms with van der Waals surface area (Å²) in [4.78, 5) is 27.5. The maximum Gasteiger partial charge on any atom is 0.242 e. The lowest BCUT2D eigenvalue weighted by atomic mass is 10.1. The highest BCUT2D eigenvalue weighted by molar-refractivity contribution is 7.92. The molecule has 0 heterocycles. The zero-order valence-electron chi connectivity index (χ0n) is 19.9. The molecule has 1 atom stereocenters. The molecule has 35 heavy (non-hydrogen) atoms. The van der Waals surface area contributed by atoms with Gasteiger partial charge in [0.15, 0.2) is 0 Å². The largest absolute Gasteiger partial charge is 0.355 e. The minimum Gasteiger partial charge on any atom is -0.355 e. The van der Waals surface area contributed by atoms with Gasteiger partial charge in [0, 0.05) is 41.7 Å². The average Bonchev–Trinajstić information content (AvgIpc) is 2.78. The van der Waals surface area contributed by atoms with E-state index in [0.717, 1.165) is 10.6 Å². The molecule has 11 heteroatoms. The minimum atomic E-state index is -3.66. The molecular weight excluding hydrogens is 516 g/mol. The van der Waals surface area contributed by atoms with E-state index in [9.17, 15) is 22.4 Å². The van der Waals surface area contributed by atoms with Crippen molar-refractivity contribution in [2.75, 3.05) is 23.7 Å². The van der Waals surface area contributed by atoms with Gasteiger partial charge >= 0.3 is 0 Å². The Hall–Kier alpha value is -2.36. The monoisotopic (exact) mass is 545 g/mol. The van der Waals surface area contributed by atoms with Crippen LogP contribution in [0.4, 0.5) is 10.1 Å².